The molecule has 0 aliphatic carbocycles. The Labute approximate surface area is 156 Å². The molecule has 0 radical (unpaired) electrons. The molecule has 1 aliphatic rings. The molecule has 25 heavy (non-hydrogen) atoms. The maximum Gasteiger partial charge on any atom is 0.148 e. The third-order valence-electron chi connectivity index (χ3n) is 4.40. The molecule has 0 aromatic heterocycles. The summed E-state index contributed by atoms with van der Waals surface area (Å²) >= 11 is 0. The van der Waals surface area contributed by atoms with Crippen molar-refractivity contribution in [2.45, 2.75) is 24.5 Å². The lowest BCUT2D eigenvalue weighted by molar-refractivity contribution is 0.453. The first-order valence-corrected chi connectivity index (χ1v) is 9.66. The number of rotatable bonds is 5. The van der Waals surface area contributed by atoms with Crippen LogP contribution in [0.4, 0.5) is 15.8 Å². The molecular formula is C18H24ClFN2O2S. The van der Waals surface area contributed by atoms with Crippen LogP contribution in [0.3, 0.4) is 0 Å². The van der Waals surface area contributed by atoms with E-state index in [1.807, 2.05) is 31.3 Å². The Morgan fingerprint density at radius 2 is 1.76 bits per heavy atom. The molecule has 4 nitrogen and oxygen atoms in total. The maximum absolute atomic E-state index is 14.4. The van der Waals surface area contributed by atoms with Crippen LogP contribution in [0.1, 0.15) is 18.4 Å². The molecule has 1 atom stereocenters. The van der Waals surface area contributed by atoms with Crippen LogP contribution >= 0.6 is 23.2 Å². The van der Waals surface area contributed by atoms with Gasteiger partial charge in [-0.1, -0.05) is 30.3 Å². The Morgan fingerprint density at radius 3 is 2.44 bits per heavy atom. The zero-order chi connectivity index (χ0) is 17.2. The van der Waals surface area contributed by atoms with E-state index in [1.54, 1.807) is 18.2 Å². The van der Waals surface area contributed by atoms with Crippen molar-refractivity contribution in [2.24, 2.45) is 0 Å². The second-order valence-electron chi connectivity index (χ2n) is 6.01. The van der Waals surface area contributed by atoms with Gasteiger partial charge < -0.3 is 5.32 Å². The molecule has 0 saturated heterocycles. The Morgan fingerprint density at radius 1 is 1.12 bits per heavy atom. The first-order valence-electron chi connectivity index (χ1n) is 8.10. The molecule has 7 heteroatoms. The predicted octanol–water partition coefficient (Wildman–Crippen LogP) is 4.98. The van der Waals surface area contributed by atoms with E-state index < -0.39 is 16.6 Å². The summed E-state index contributed by atoms with van der Waals surface area (Å²) in [5.41, 5.74) is 1.90. The standard InChI is InChI=1S/C18H23FN2O2S.ClH/c1-20-12-6-8-15-13-14-7-2-4-10-17(14)21(24(15,22)23)18-11-5-3-9-16(18)19;/h2-5,7,9-11,15,20,22-23H,6,8,12-13H2,1H3;1H. The molecule has 3 N–H and O–H groups in total. The van der Waals surface area contributed by atoms with Crippen molar-refractivity contribution in [1.29, 1.82) is 0 Å². The third kappa shape index (κ3) is 3.93. The van der Waals surface area contributed by atoms with Gasteiger partial charge in [-0.05, 0) is 56.6 Å². The van der Waals surface area contributed by atoms with E-state index >= 15 is 0 Å². The van der Waals surface area contributed by atoms with Crippen LogP contribution in [0.15, 0.2) is 48.5 Å². The van der Waals surface area contributed by atoms with Gasteiger partial charge in [-0.25, -0.2) is 8.70 Å². The van der Waals surface area contributed by atoms with Crippen LogP contribution in [-0.2, 0) is 6.42 Å². The fraction of sp³-hybridized carbons (Fsp3) is 0.333. The van der Waals surface area contributed by atoms with Gasteiger partial charge in [-0.15, -0.1) is 23.2 Å². The van der Waals surface area contributed by atoms with E-state index in [0.29, 0.717) is 18.5 Å². The Balaban J connectivity index is 0.00000225. The summed E-state index contributed by atoms with van der Waals surface area (Å²) in [6.45, 7) is 0.813. The summed E-state index contributed by atoms with van der Waals surface area (Å²) in [7, 11) is -1.29. The largest absolute Gasteiger partial charge is 0.320 e. The second-order valence-corrected chi connectivity index (χ2v) is 8.16. The van der Waals surface area contributed by atoms with Crippen molar-refractivity contribution >= 4 is 34.6 Å². The Kier molecular flexibility index (Phi) is 6.71. The highest BCUT2D eigenvalue weighted by atomic mass is 35.5. The number of para-hydroxylation sites is 2. The monoisotopic (exact) mass is 386 g/mol. The minimum absolute atomic E-state index is 0. The third-order valence-corrected chi connectivity index (χ3v) is 6.63. The van der Waals surface area contributed by atoms with Crippen molar-refractivity contribution in [3.63, 3.8) is 0 Å². The molecule has 2 aromatic rings. The Bertz CT molecular complexity index is 717. The summed E-state index contributed by atoms with van der Waals surface area (Å²) in [6, 6.07) is 13.8. The van der Waals surface area contributed by atoms with Crippen LogP contribution in [0.5, 0.6) is 0 Å². The maximum atomic E-state index is 14.4. The van der Waals surface area contributed by atoms with Gasteiger partial charge in [0.25, 0.3) is 0 Å². The number of nitrogens with one attached hydrogen (secondary N) is 1. The number of fused-ring (bicyclic) bond motifs is 1. The summed E-state index contributed by atoms with van der Waals surface area (Å²) in [5, 5.41) is 2.76. The van der Waals surface area contributed by atoms with Crippen LogP contribution in [0, 0.1) is 5.82 Å². The van der Waals surface area contributed by atoms with E-state index in [9.17, 15) is 13.5 Å². The molecule has 1 unspecified atom stereocenters. The van der Waals surface area contributed by atoms with Gasteiger partial charge in [0.2, 0.25) is 0 Å². The fourth-order valence-electron chi connectivity index (χ4n) is 3.19. The number of nitrogens with zero attached hydrogens (tertiary/aromatic N) is 1. The van der Waals surface area contributed by atoms with Gasteiger partial charge in [-0.2, -0.15) is 0 Å². The van der Waals surface area contributed by atoms with Crippen molar-refractivity contribution < 1.29 is 13.5 Å². The minimum Gasteiger partial charge on any atom is -0.320 e. The minimum atomic E-state index is -3.17. The topological polar surface area (TPSA) is 55.7 Å². The van der Waals surface area contributed by atoms with E-state index in [2.05, 4.69) is 5.32 Å². The first-order chi connectivity index (χ1) is 11.6. The lowest BCUT2D eigenvalue weighted by Crippen LogP contribution is -2.38. The smallest absolute Gasteiger partial charge is 0.148 e. The van der Waals surface area contributed by atoms with Gasteiger partial charge >= 0.3 is 0 Å². The Hall–Kier alpha value is -1.31. The SMILES string of the molecule is CNCCCC1Cc2ccccc2N(c2ccccc2F)S1(O)O.Cl. The average molecular weight is 387 g/mol. The molecule has 2 aromatic carbocycles. The quantitative estimate of drug-likeness (QED) is 0.634. The highest BCUT2D eigenvalue weighted by Crippen LogP contribution is 2.60. The van der Waals surface area contributed by atoms with Crippen molar-refractivity contribution in [3.8, 4) is 0 Å². The molecule has 0 amide bonds. The zero-order valence-electron chi connectivity index (χ0n) is 14.1. The number of halogens is 2. The zero-order valence-corrected chi connectivity index (χ0v) is 15.7. The van der Waals surface area contributed by atoms with Crippen LogP contribution in [0.25, 0.3) is 0 Å². The average Bonchev–Trinajstić information content (AvgIpc) is 2.56. The van der Waals surface area contributed by atoms with E-state index in [1.165, 1.54) is 10.4 Å². The van der Waals surface area contributed by atoms with Gasteiger partial charge in [0, 0.05) is 0 Å². The fourth-order valence-corrected chi connectivity index (χ4v) is 5.28. The molecule has 3 rings (SSSR count). The predicted molar refractivity (Wildman–Crippen MR) is 106 cm³/mol. The molecule has 1 aliphatic heterocycles. The summed E-state index contributed by atoms with van der Waals surface area (Å²) in [6.07, 6.45) is 2.10. The summed E-state index contributed by atoms with van der Waals surface area (Å²) < 4.78 is 37.8. The highest BCUT2D eigenvalue weighted by Gasteiger charge is 2.39. The molecule has 0 saturated carbocycles. The summed E-state index contributed by atoms with van der Waals surface area (Å²) in [5.74, 6) is -0.455. The normalized spacial score (nSPS) is 19.7. The molecule has 0 spiro atoms. The number of hydrogen-bond donors (Lipinski definition) is 3. The lowest BCUT2D eigenvalue weighted by Gasteiger charge is -2.53. The molecular weight excluding hydrogens is 363 g/mol. The molecule has 138 valence electrons. The van der Waals surface area contributed by atoms with Gasteiger partial charge in [0.15, 0.2) is 0 Å². The molecule has 0 fully saturated rings. The van der Waals surface area contributed by atoms with E-state index in [4.69, 9.17) is 0 Å². The van der Waals surface area contributed by atoms with Gasteiger partial charge in [-0.3, -0.25) is 9.11 Å². The van der Waals surface area contributed by atoms with Crippen molar-refractivity contribution in [3.05, 3.63) is 59.9 Å². The number of benzene rings is 2. The van der Waals surface area contributed by atoms with Crippen molar-refractivity contribution in [2.75, 3.05) is 17.9 Å². The van der Waals surface area contributed by atoms with Gasteiger partial charge in [0.1, 0.15) is 5.82 Å². The number of hydrogen-bond acceptors (Lipinski definition) is 4. The van der Waals surface area contributed by atoms with E-state index in [-0.39, 0.29) is 23.3 Å². The molecule has 0 bridgehead atoms. The van der Waals surface area contributed by atoms with Crippen molar-refractivity contribution in [1.82, 2.24) is 5.32 Å². The first kappa shape index (κ1) is 20.0. The molecule has 1 heterocycles. The van der Waals surface area contributed by atoms with Crippen LogP contribution < -0.4 is 9.62 Å². The lowest BCUT2D eigenvalue weighted by atomic mass is 10.0. The summed E-state index contributed by atoms with van der Waals surface area (Å²) in [4.78, 5) is 0. The van der Waals surface area contributed by atoms with Gasteiger partial charge in [0.05, 0.1) is 16.6 Å². The number of anilines is 2. The highest BCUT2D eigenvalue weighted by molar-refractivity contribution is 8.26. The van der Waals surface area contributed by atoms with Crippen LogP contribution in [-0.4, -0.2) is 27.9 Å². The van der Waals surface area contributed by atoms with Crippen LogP contribution in [0.2, 0.25) is 0 Å². The second kappa shape index (κ2) is 8.38. The van der Waals surface area contributed by atoms with E-state index in [0.717, 1.165) is 18.5 Å².